The van der Waals surface area contributed by atoms with Crippen molar-refractivity contribution in [2.75, 3.05) is 46.5 Å². The van der Waals surface area contributed by atoms with E-state index in [1.54, 1.807) is 37.4 Å². The van der Waals surface area contributed by atoms with Crippen molar-refractivity contribution in [3.8, 4) is 22.6 Å². The number of halogens is 2. The molecule has 32 heavy (non-hydrogen) atoms. The molecule has 4 rings (SSSR count). The van der Waals surface area contributed by atoms with Crippen molar-refractivity contribution >= 4 is 35.8 Å². The molecule has 2 heterocycles. The molecular formula is C23H28Cl2N2O5. The van der Waals surface area contributed by atoms with Gasteiger partial charge in [-0.2, -0.15) is 0 Å². The molecule has 174 valence electrons. The Morgan fingerprint density at radius 3 is 2.50 bits per heavy atom. The maximum atomic E-state index is 12.7. The fraction of sp³-hybridized carbons (Fsp3) is 0.348. The molecule has 1 aliphatic heterocycles. The number of nitrogens with zero attached hydrogens (tertiary/aromatic N) is 1. The number of hydrogen-bond donors (Lipinski definition) is 2. The van der Waals surface area contributed by atoms with Gasteiger partial charge in [-0.25, -0.2) is 4.79 Å². The number of ether oxygens (including phenoxy) is 2. The minimum absolute atomic E-state index is 0. The van der Waals surface area contributed by atoms with E-state index in [0.717, 1.165) is 56.1 Å². The van der Waals surface area contributed by atoms with E-state index in [0.29, 0.717) is 23.3 Å². The summed E-state index contributed by atoms with van der Waals surface area (Å²) in [5, 5.41) is 14.5. The van der Waals surface area contributed by atoms with Gasteiger partial charge in [-0.3, -0.25) is 4.90 Å². The van der Waals surface area contributed by atoms with Crippen LogP contribution in [0, 0.1) is 0 Å². The van der Waals surface area contributed by atoms with E-state index >= 15 is 0 Å². The summed E-state index contributed by atoms with van der Waals surface area (Å²) in [7, 11) is 1.60. The van der Waals surface area contributed by atoms with E-state index < -0.39 is 5.63 Å². The molecule has 1 aromatic heterocycles. The zero-order valence-electron chi connectivity index (χ0n) is 17.8. The van der Waals surface area contributed by atoms with Crippen LogP contribution in [-0.4, -0.2) is 56.5 Å². The average Bonchev–Trinajstić information content (AvgIpc) is 2.78. The highest BCUT2D eigenvalue weighted by atomic mass is 35.5. The van der Waals surface area contributed by atoms with E-state index in [1.807, 2.05) is 12.1 Å². The molecule has 1 saturated heterocycles. The molecule has 2 aromatic carbocycles. The number of phenols is 1. The second-order valence-corrected chi connectivity index (χ2v) is 7.29. The van der Waals surface area contributed by atoms with Crippen molar-refractivity contribution in [1.82, 2.24) is 10.2 Å². The van der Waals surface area contributed by atoms with Crippen LogP contribution < -0.4 is 15.7 Å². The highest BCUT2D eigenvalue weighted by Gasteiger charge is 2.14. The quantitative estimate of drug-likeness (QED) is 0.394. The van der Waals surface area contributed by atoms with Gasteiger partial charge >= 0.3 is 5.63 Å². The van der Waals surface area contributed by atoms with Crippen molar-refractivity contribution in [3.05, 3.63) is 58.4 Å². The highest BCUT2D eigenvalue weighted by molar-refractivity contribution is 5.86. The minimum atomic E-state index is -0.437. The lowest BCUT2D eigenvalue weighted by Gasteiger charge is -2.26. The summed E-state index contributed by atoms with van der Waals surface area (Å²) >= 11 is 0. The smallest absolute Gasteiger partial charge is 0.344 e. The Hall–Kier alpha value is -2.29. The maximum Gasteiger partial charge on any atom is 0.344 e. The third-order valence-electron chi connectivity index (χ3n) is 5.39. The van der Waals surface area contributed by atoms with Gasteiger partial charge in [0.05, 0.1) is 31.5 Å². The van der Waals surface area contributed by atoms with Crippen LogP contribution >= 0.6 is 24.8 Å². The number of benzene rings is 2. The topological polar surface area (TPSA) is 84.2 Å². The highest BCUT2D eigenvalue weighted by Crippen LogP contribution is 2.29. The number of morpholine rings is 1. The Bertz CT molecular complexity index is 1070. The molecule has 0 radical (unpaired) electrons. The first kappa shape index (κ1) is 26.0. The van der Waals surface area contributed by atoms with Crippen LogP contribution in [0.2, 0.25) is 0 Å². The van der Waals surface area contributed by atoms with Gasteiger partial charge in [-0.1, -0.05) is 12.1 Å². The monoisotopic (exact) mass is 482 g/mol. The molecule has 0 saturated carbocycles. The Kier molecular flexibility index (Phi) is 9.81. The van der Waals surface area contributed by atoms with Gasteiger partial charge in [0.25, 0.3) is 0 Å². The molecule has 0 amide bonds. The molecule has 0 bridgehead atoms. The summed E-state index contributed by atoms with van der Waals surface area (Å²) < 4.78 is 16.2. The van der Waals surface area contributed by atoms with Crippen LogP contribution in [0.1, 0.15) is 5.56 Å². The van der Waals surface area contributed by atoms with E-state index in [2.05, 4.69) is 10.2 Å². The first-order chi connectivity index (χ1) is 14.7. The summed E-state index contributed by atoms with van der Waals surface area (Å²) in [6.07, 6.45) is 0. The lowest BCUT2D eigenvalue weighted by Crippen LogP contribution is -2.40. The molecule has 1 fully saturated rings. The average molecular weight is 483 g/mol. The van der Waals surface area contributed by atoms with Crippen molar-refractivity contribution < 1.29 is 19.0 Å². The summed E-state index contributed by atoms with van der Waals surface area (Å²) in [5.41, 5.74) is 1.80. The number of phenolic OH excluding ortho intramolecular Hbond substituents is 1. The summed E-state index contributed by atoms with van der Waals surface area (Å²) in [6.45, 7) is 5.49. The normalized spacial score (nSPS) is 13.9. The van der Waals surface area contributed by atoms with Gasteiger partial charge in [-0.15, -0.1) is 24.8 Å². The zero-order chi connectivity index (χ0) is 20.9. The Labute approximate surface area is 199 Å². The number of nitrogens with one attached hydrogen (secondary N) is 1. The first-order valence-corrected chi connectivity index (χ1v) is 10.1. The van der Waals surface area contributed by atoms with Crippen LogP contribution in [-0.2, 0) is 11.3 Å². The Morgan fingerprint density at radius 2 is 1.81 bits per heavy atom. The molecule has 9 heteroatoms. The molecule has 0 atom stereocenters. The minimum Gasteiger partial charge on any atom is -0.507 e. The van der Waals surface area contributed by atoms with Crippen molar-refractivity contribution in [3.63, 3.8) is 0 Å². The van der Waals surface area contributed by atoms with Gasteiger partial charge < -0.3 is 24.3 Å². The van der Waals surface area contributed by atoms with Gasteiger partial charge in [-0.05, 0) is 35.9 Å². The molecule has 1 aliphatic rings. The second kappa shape index (κ2) is 12.1. The fourth-order valence-electron chi connectivity index (χ4n) is 3.65. The number of hydrogen-bond acceptors (Lipinski definition) is 7. The fourth-order valence-corrected chi connectivity index (χ4v) is 3.65. The van der Waals surface area contributed by atoms with Crippen LogP contribution in [0.5, 0.6) is 11.5 Å². The molecule has 0 aliphatic carbocycles. The van der Waals surface area contributed by atoms with Crippen LogP contribution in [0.3, 0.4) is 0 Å². The van der Waals surface area contributed by atoms with E-state index in [1.165, 1.54) is 0 Å². The third-order valence-corrected chi connectivity index (χ3v) is 5.39. The van der Waals surface area contributed by atoms with Gasteiger partial charge in [0.15, 0.2) is 0 Å². The zero-order valence-corrected chi connectivity index (χ0v) is 19.5. The van der Waals surface area contributed by atoms with E-state index in [4.69, 9.17) is 13.9 Å². The molecule has 0 unspecified atom stereocenters. The number of rotatable bonds is 7. The molecule has 2 N–H and O–H groups in total. The lowest BCUT2D eigenvalue weighted by atomic mass is 10.0. The van der Waals surface area contributed by atoms with Gasteiger partial charge in [0, 0.05) is 38.1 Å². The predicted octanol–water partition coefficient (Wildman–Crippen LogP) is 3.44. The maximum absolute atomic E-state index is 12.7. The van der Waals surface area contributed by atoms with Crippen molar-refractivity contribution in [2.24, 2.45) is 0 Å². The summed E-state index contributed by atoms with van der Waals surface area (Å²) in [5.74, 6) is 0.834. The second-order valence-electron chi connectivity index (χ2n) is 7.29. The third kappa shape index (κ3) is 5.94. The van der Waals surface area contributed by atoms with E-state index in [9.17, 15) is 9.90 Å². The van der Waals surface area contributed by atoms with Gasteiger partial charge in [0.1, 0.15) is 17.1 Å². The standard InChI is InChI=1S/C23H26N2O5.2ClH/c1-28-18-5-2-16(3-6-18)19-14-17-4-7-21(26)20(22(17)30-23(19)27)15-24-8-9-25-10-12-29-13-11-25;;/h2-7,14,24,26H,8-13,15H2,1H3;2*1H. The summed E-state index contributed by atoms with van der Waals surface area (Å²) in [6, 6.07) is 12.5. The Morgan fingerprint density at radius 1 is 1.09 bits per heavy atom. The number of fused-ring (bicyclic) bond motifs is 1. The van der Waals surface area contributed by atoms with E-state index in [-0.39, 0.29) is 30.6 Å². The largest absolute Gasteiger partial charge is 0.507 e. The van der Waals surface area contributed by atoms with Crippen molar-refractivity contribution in [2.45, 2.75) is 6.54 Å². The first-order valence-electron chi connectivity index (χ1n) is 10.1. The molecule has 7 nitrogen and oxygen atoms in total. The Balaban J connectivity index is 0.00000181. The molecular weight excluding hydrogens is 455 g/mol. The van der Waals surface area contributed by atoms with Crippen molar-refractivity contribution in [1.29, 1.82) is 0 Å². The van der Waals surface area contributed by atoms with Crippen LogP contribution in [0.15, 0.2) is 51.7 Å². The molecule has 3 aromatic rings. The number of aromatic hydroxyl groups is 1. The summed E-state index contributed by atoms with van der Waals surface area (Å²) in [4.78, 5) is 15.0. The van der Waals surface area contributed by atoms with Gasteiger partial charge in [0.2, 0.25) is 0 Å². The lowest BCUT2D eigenvalue weighted by molar-refractivity contribution is 0.0384. The SMILES string of the molecule is COc1ccc(-c2cc3ccc(O)c(CNCCN4CCOCC4)c3oc2=O)cc1.Cl.Cl. The molecule has 0 spiro atoms. The number of methoxy groups -OCH3 is 1. The van der Waals surface area contributed by atoms with Crippen LogP contribution in [0.25, 0.3) is 22.1 Å². The van der Waals surface area contributed by atoms with Crippen LogP contribution in [0.4, 0.5) is 0 Å². The predicted molar refractivity (Wildman–Crippen MR) is 130 cm³/mol.